The van der Waals surface area contributed by atoms with Gasteiger partial charge < -0.3 is 9.47 Å². The van der Waals surface area contributed by atoms with Crippen LogP contribution in [-0.4, -0.2) is 31.2 Å². The van der Waals surface area contributed by atoms with E-state index in [9.17, 15) is 4.79 Å². The van der Waals surface area contributed by atoms with E-state index in [4.69, 9.17) is 9.47 Å². The summed E-state index contributed by atoms with van der Waals surface area (Å²) in [4.78, 5) is 11.7. The molecule has 100 valence electrons. The van der Waals surface area contributed by atoms with Gasteiger partial charge in [0.25, 0.3) is 0 Å². The SMILES string of the molecule is COCCSCC(C)C(=O)OCc1ccccc1. The molecule has 0 aliphatic heterocycles. The fourth-order valence-electron chi connectivity index (χ4n) is 1.34. The molecule has 0 heterocycles. The third-order valence-electron chi connectivity index (χ3n) is 2.43. The van der Waals surface area contributed by atoms with Crippen LogP contribution in [0.15, 0.2) is 30.3 Å². The molecule has 1 aromatic carbocycles. The van der Waals surface area contributed by atoms with Crippen LogP contribution < -0.4 is 0 Å². The summed E-state index contributed by atoms with van der Waals surface area (Å²) >= 11 is 1.71. The van der Waals surface area contributed by atoms with Crippen LogP contribution in [-0.2, 0) is 20.9 Å². The van der Waals surface area contributed by atoms with E-state index in [1.807, 2.05) is 37.3 Å². The summed E-state index contributed by atoms with van der Waals surface area (Å²) in [5, 5.41) is 0. The van der Waals surface area contributed by atoms with Gasteiger partial charge in [-0.05, 0) is 5.56 Å². The summed E-state index contributed by atoms with van der Waals surface area (Å²) in [7, 11) is 1.68. The molecule has 1 aromatic rings. The second-order valence-corrected chi connectivity index (χ2v) is 5.21. The van der Waals surface area contributed by atoms with Crippen molar-refractivity contribution in [3.8, 4) is 0 Å². The predicted octanol–water partition coefficient (Wildman–Crippen LogP) is 2.75. The van der Waals surface area contributed by atoms with Crippen molar-refractivity contribution in [2.24, 2.45) is 5.92 Å². The molecule has 0 aliphatic carbocycles. The Labute approximate surface area is 113 Å². The van der Waals surface area contributed by atoms with E-state index in [-0.39, 0.29) is 11.9 Å². The Bertz CT molecular complexity index is 340. The number of rotatable bonds is 8. The molecule has 0 radical (unpaired) electrons. The fraction of sp³-hybridized carbons (Fsp3) is 0.500. The van der Waals surface area contributed by atoms with Crippen molar-refractivity contribution in [2.45, 2.75) is 13.5 Å². The van der Waals surface area contributed by atoms with E-state index in [0.717, 1.165) is 23.7 Å². The molecule has 0 bridgehead atoms. The largest absolute Gasteiger partial charge is 0.461 e. The molecule has 0 spiro atoms. The molecule has 0 N–H and O–H groups in total. The van der Waals surface area contributed by atoms with Crippen LogP contribution >= 0.6 is 11.8 Å². The third kappa shape index (κ3) is 6.07. The Balaban J connectivity index is 2.19. The minimum absolute atomic E-state index is 0.0735. The van der Waals surface area contributed by atoms with Gasteiger partial charge in [-0.2, -0.15) is 11.8 Å². The molecule has 0 amide bonds. The average Bonchev–Trinajstić information content (AvgIpc) is 2.42. The van der Waals surface area contributed by atoms with Crippen molar-refractivity contribution in [1.82, 2.24) is 0 Å². The van der Waals surface area contributed by atoms with Crippen LogP contribution in [0.5, 0.6) is 0 Å². The zero-order valence-electron chi connectivity index (χ0n) is 10.9. The van der Waals surface area contributed by atoms with E-state index in [1.165, 1.54) is 0 Å². The molecule has 0 aliphatic rings. The molecular weight excluding hydrogens is 248 g/mol. The van der Waals surface area contributed by atoms with Crippen LogP contribution in [0.25, 0.3) is 0 Å². The monoisotopic (exact) mass is 268 g/mol. The lowest BCUT2D eigenvalue weighted by Crippen LogP contribution is -2.17. The van der Waals surface area contributed by atoms with Crippen LogP contribution in [0.1, 0.15) is 12.5 Å². The third-order valence-corrected chi connectivity index (χ3v) is 3.62. The number of ether oxygens (including phenoxy) is 2. The van der Waals surface area contributed by atoms with Crippen molar-refractivity contribution in [3.05, 3.63) is 35.9 Å². The van der Waals surface area contributed by atoms with Gasteiger partial charge in [0.15, 0.2) is 0 Å². The molecule has 0 fully saturated rings. The van der Waals surface area contributed by atoms with E-state index in [1.54, 1.807) is 18.9 Å². The van der Waals surface area contributed by atoms with Gasteiger partial charge in [-0.15, -0.1) is 0 Å². The highest BCUT2D eigenvalue weighted by molar-refractivity contribution is 7.99. The van der Waals surface area contributed by atoms with Crippen molar-refractivity contribution in [3.63, 3.8) is 0 Å². The molecule has 0 aromatic heterocycles. The summed E-state index contributed by atoms with van der Waals surface area (Å²) < 4.78 is 10.2. The Morgan fingerprint density at radius 1 is 1.33 bits per heavy atom. The van der Waals surface area contributed by atoms with Crippen LogP contribution in [0, 0.1) is 5.92 Å². The molecule has 0 saturated heterocycles. The highest BCUT2D eigenvalue weighted by Crippen LogP contribution is 2.11. The van der Waals surface area contributed by atoms with Gasteiger partial charge in [-0.1, -0.05) is 37.3 Å². The summed E-state index contributed by atoms with van der Waals surface area (Å²) in [5.41, 5.74) is 1.02. The highest BCUT2D eigenvalue weighted by Gasteiger charge is 2.14. The van der Waals surface area contributed by atoms with Gasteiger partial charge in [0.2, 0.25) is 0 Å². The summed E-state index contributed by atoms with van der Waals surface area (Å²) in [6.07, 6.45) is 0. The van der Waals surface area contributed by atoms with Crippen molar-refractivity contribution < 1.29 is 14.3 Å². The van der Waals surface area contributed by atoms with Gasteiger partial charge >= 0.3 is 5.97 Å². The maximum atomic E-state index is 11.7. The molecule has 1 unspecified atom stereocenters. The number of methoxy groups -OCH3 is 1. The van der Waals surface area contributed by atoms with Crippen LogP contribution in [0.2, 0.25) is 0 Å². The number of thioether (sulfide) groups is 1. The van der Waals surface area contributed by atoms with Crippen LogP contribution in [0.4, 0.5) is 0 Å². The van der Waals surface area contributed by atoms with E-state index in [0.29, 0.717) is 6.61 Å². The number of carbonyl (C=O) groups is 1. The van der Waals surface area contributed by atoms with Gasteiger partial charge in [0.1, 0.15) is 6.61 Å². The second-order valence-electron chi connectivity index (χ2n) is 4.06. The minimum atomic E-state index is -0.135. The number of benzene rings is 1. The predicted molar refractivity (Wildman–Crippen MR) is 74.6 cm³/mol. The summed E-state index contributed by atoms with van der Waals surface area (Å²) in [6, 6.07) is 9.72. The highest BCUT2D eigenvalue weighted by atomic mass is 32.2. The Morgan fingerprint density at radius 2 is 2.06 bits per heavy atom. The molecular formula is C14H20O3S. The molecule has 4 heteroatoms. The Kier molecular flexibility index (Phi) is 7.53. The van der Waals surface area contributed by atoms with Crippen LogP contribution in [0.3, 0.4) is 0 Å². The summed E-state index contributed by atoms with van der Waals surface area (Å²) in [6.45, 7) is 2.97. The first-order chi connectivity index (χ1) is 8.74. The Morgan fingerprint density at radius 3 is 2.72 bits per heavy atom. The quantitative estimate of drug-likeness (QED) is 0.536. The molecule has 1 atom stereocenters. The van der Waals surface area contributed by atoms with Crippen molar-refractivity contribution >= 4 is 17.7 Å². The van der Waals surface area contributed by atoms with E-state index >= 15 is 0 Å². The minimum Gasteiger partial charge on any atom is -0.461 e. The Hall–Kier alpha value is -1.00. The zero-order chi connectivity index (χ0) is 13.2. The van der Waals surface area contributed by atoms with Crippen molar-refractivity contribution in [1.29, 1.82) is 0 Å². The maximum absolute atomic E-state index is 11.7. The van der Waals surface area contributed by atoms with Gasteiger partial charge in [-0.25, -0.2) is 0 Å². The van der Waals surface area contributed by atoms with Gasteiger partial charge in [0.05, 0.1) is 12.5 Å². The zero-order valence-corrected chi connectivity index (χ0v) is 11.7. The topological polar surface area (TPSA) is 35.5 Å². The molecule has 18 heavy (non-hydrogen) atoms. The second kappa shape index (κ2) is 9.00. The lowest BCUT2D eigenvalue weighted by atomic mass is 10.2. The number of hydrogen-bond donors (Lipinski definition) is 0. The van der Waals surface area contributed by atoms with E-state index < -0.39 is 0 Å². The average molecular weight is 268 g/mol. The smallest absolute Gasteiger partial charge is 0.309 e. The standard InChI is InChI=1S/C14H20O3S/c1-12(11-18-9-8-16-2)14(15)17-10-13-6-4-3-5-7-13/h3-7,12H,8-11H2,1-2H3. The first-order valence-corrected chi connectivity index (χ1v) is 7.16. The van der Waals surface area contributed by atoms with Gasteiger partial charge in [0, 0.05) is 18.6 Å². The van der Waals surface area contributed by atoms with E-state index in [2.05, 4.69) is 0 Å². The molecule has 0 saturated carbocycles. The first kappa shape index (κ1) is 15.1. The lowest BCUT2D eigenvalue weighted by Gasteiger charge is -2.11. The fourth-order valence-corrected chi connectivity index (χ4v) is 2.28. The first-order valence-electron chi connectivity index (χ1n) is 6.01. The van der Waals surface area contributed by atoms with Gasteiger partial charge in [-0.3, -0.25) is 4.79 Å². The summed E-state index contributed by atoms with van der Waals surface area (Å²) in [5.74, 6) is 1.48. The number of esters is 1. The molecule has 3 nitrogen and oxygen atoms in total. The maximum Gasteiger partial charge on any atom is 0.309 e. The van der Waals surface area contributed by atoms with Crippen molar-refractivity contribution in [2.75, 3.05) is 25.2 Å². The lowest BCUT2D eigenvalue weighted by molar-refractivity contribution is -0.148. The number of carbonyl (C=O) groups excluding carboxylic acids is 1. The number of hydrogen-bond acceptors (Lipinski definition) is 4. The molecule has 1 rings (SSSR count). The normalized spacial score (nSPS) is 12.1.